The van der Waals surface area contributed by atoms with Crippen molar-refractivity contribution in [2.75, 3.05) is 18.9 Å². The van der Waals surface area contributed by atoms with E-state index in [9.17, 15) is 4.79 Å². The summed E-state index contributed by atoms with van der Waals surface area (Å²) in [5.74, 6) is -0.296. The van der Waals surface area contributed by atoms with Crippen molar-refractivity contribution in [2.45, 2.75) is 32.4 Å². The number of nitrogen functional groups attached to an aromatic ring is 1. The molecule has 1 aromatic rings. The van der Waals surface area contributed by atoms with E-state index >= 15 is 0 Å². The van der Waals surface area contributed by atoms with E-state index in [4.69, 9.17) is 15.2 Å². The van der Waals surface area contributed by atoms with Crippen molar-refractivity contribution in [3.8, 4) is 0 Å². The van der Waals surface area contributed by atoms with E-state index in [2.05, 4.69) is 0 Å². The van der Waals surface area contributed by atoms with Gasteiger partial charge in [0.2, 0.25) is 0 Å². The predicted molar refractivity (Wildman–Crippen MR) is 63.8 cm³/mol. The van der Waals surface area contributed by atoms with Crippen LogP contribution in [0.15, 0.2) is 12.3 Å². The number of ether oxygens (including phenoxy) is 2. The molecule has 2 heterocycles. The third kappa shape index (κ3) is 2.79. The Hall–Kier alpha value is -1.49. The first-order valence-electron chi connectivity index (χ1n) is 5.95. The Labute approximate surface area is 100 Å². The second kappa shape index (κ2) is 5.23. The molecule has 1 saturated heterocycles. The number of carbonyl (C=O) groups is 1. The van der Waals surface area contributed by atoms with Gasteiger partial charge in [0.25, 0.3) is 0 Å². The van der Waals surface area contributed by atoms with Gasteiger partial charge >= 0.3 is 5.97 Å². The van der Waals surface area contributed by atoms with E-state index in [-0.39, 0.29) is 12.1 Å². The van der Waals surface area contributed by atoms with Crippen LogP contribution in [0, 0.1) is 0 Å². The van der Waals surface area contributed by atoms with Gasteiger partial charge in [-0.25, -0.2) is 4.79 Å². The third-order valence-electron chi connectivity index (χ3n) is 2.91. The molecule has 1 fully saturated rings. The number of nitrogens with zero attached hydrogens (tertiary/aromatic N) is 1. The zero-order valence-electron chi connectivity index (χ0n) is 10.0. The lowest BCUT2D eigenvalue weighted by atomic mass is 10.1. The van der Waals surface area contributed by atoms with Gasteiger partial charge in [-0.05, 0) is 13.0 Å². The highest BCUT2D eigenvalue weighted by molar-refractivity contribution is 5.89. The summed E-state index contributed by atoms with van der Waals surface area (Å²) in [7, 11) is 0. The molecule has 0 atom stereocenters. The van der Waals surface area contributed by atoms with E-state index in [1.54, 1.807) is 16.8 Å². The number of anilines is 1. The van der Waals surface area contributed by atoms with Crippen molar-refractivity contribution >= 4 is 11.7 Å². The van der Waals surface area contributed by atoms with Gasteiger partial charge in [0.05, 0.1) is 18.9 Å². The number of nitrogens with two attached hydrogens (primary N) is 1. The second-order valence-electron chi connectivity index (χ2n) is 4.16. The molecule has 0 aliphatic carbocycles. The van der Waals surface area contributed by atoms with E-state index in [0.717, 1.165) is 12.8 Å². The Kier molecular flexibility index (Phi) is 3.68. The number of aromatic nitrogens is 1. The van der Waals surface area contributed by atoms with E-state index in [1.807, 2.05) is 6.92 Å². The maximum atomic E-state index is 12.0. The molecular formula is C12H18N2O3. The average molecular weight is 238 g/mol. The number of aryl methyl sites for hydroxylation is 1. The summed E-state index contributed by atoms with van der Waals surface area (Å²) in [6.45, 7) is 3.99. The minimum absolute atomic E-state index is 0.0299. The second-order valence-corrected chi connectivity index (χ2v) is 4.16. The van der Waals surface area contributed by atoms with Crippen LogP contribution in [0.4, 0.5) is 5.69 Å². The molecule has 1 aliphatic heterocycles. The summed E-state index contributed by atoms with van der Waals surface area (Å²) < 4.78 is 12.5. The van der Waals surface area contributed by atoms with Crippen LogP contribution in [0.2, 0.25) is 0 Å². The fourth-order valence-corrected chi connectivity index (χ4v) is 1.97. The first-order chi connectivity index (χ1) is 8.20. The fraction of sp³-hybridized carbons (Fsp3) is 0.583. The Morgan fingerprint density at radius 1 is 1.59 bits per heavy atom. The van der Waals surface area contributed by atoms with Gasteiger partial charge < -0.3 is 19.8 Å². The minimum atomic E-state index is -0.296. The number of esters is 1. The Morgan fingerprint density at radius 2 is 2.29 bits per heavy atom. The van der Waals surface area contributed by atoms with Gasteiger partial charge in [0.1, 0.15) is 11.8 Å². The number of rotatable bonds is 3. The van der Waals surface area contributed by atoms with E-state index in [0.29, 0.717) is 31.1 Å². The standard InChI is InChI=1S/C12H18N2O3/c1-2-14-8-9(13)7-11(14)12(15)17-10-3-5-16-6-4-10/h7-8,10H,2-6,13H2,1H3. The monoisotopic (exact) mass is 238 g/mol. The van der Waals surface area contributed by atoms with Crippen LogP contribution in [-0.4, -0.2) is 29.9 Å². The van der Waals surface area contributed by atoms with Gasteiger partial charge in [-0.2, -0.15) is 0 Å². The summed E-state index contributed by atoms with van der Waals surface area (Å²) >= 11 is 0. The van der Waals surface area contributed by atoms with Crippen LogP contribution in [0.25, 0.3) is 0 Å². The molecule has 2 rings (SSSR count). The molecular weight excluding hydrogens is 220 g/mol. The number of hydrogen-bond acceptors (Lipinski definition) is 4. The quantitative estimate of drug-likeness (QED) is 0.809. The lowest BCUT2D eigenvalue weighted by Gasteiger charge is -2.22. The maximum Gasteiger partial charge on any atom is 0.355 e. The van der Waals surface area contributed by atoms with Crippen molar-refractivity contribution in [2.24, 2.45) is 0 Å². The lowest BCUT2D eigenvalue weighted by Crippen LogP contribution is -2.27. The Morgan fingerprint density at radius 3 is 2.94 bits per heavy atom. The highest BCUT2D eigenvalue weighted by atomic mass is 16.6. The highest BCUT2D eigenvalue weighted by Crippen LogP contribution is 2.16. The molecule has 1 aliphatic rings. The van der Waals surface area contributed by atoms with E-state index in [1.165, 1.54) is 0 Å². The summed E-state index contributed by atoms with van der Waals surface area (Å²) in [6, 6.07) is 1.66. The fourth-order valence-electron chi connectivity index (χ4n) is 1.97. The first-order valence-corrected chi connectivity index (χ1v) is 5.95. The predicted octanol–water partition coefficient (Wildman–Crippen LogP) is 1.43. The third-order valence-corrected chi connectivity index (χ3v) is 2.91. The molecule has 0 unspecified atom stereocenters. The number of carbonyl (C=O) groups excluding carboxylic acids is 1. The average Bonchev–Trinajstić information content (AvgIpc) is 2.72. The molecule has 0 spiro atoms. The van der Waals surface area contributed by atoms with Crippen LogP contribution >= 0.6 is 0 Å². The van der Waals surface area contributed by atoms with Crippen LogP contribution in [0.5, 0.6) is 0 Å². The summed E-state index contributed by atoms with van der Waals surface area (Å²) in [5.41, 5.74) is 6.79. The molecule has 0 aromatic carbocycles. The Bertz CT molecular complexity index is 394. The zero-order chi connectivity index (χ0) is 12.3. The van der Waals surface area contributed by atoms with Crippen molar-refractivity contribution in [3.05, 3.63) is 18.0 Å². The molecule has 5 nitrogen and oxygen atoms in total. The van der Waals surface area contributed by atoms with Crippen LogP contribution in [0.3, 0.4) is 0 Å². The van der Waals surface area contributed by atoms with Crippen molar-refractivity contribution < 1.29 is 14.3 Å². The smallest absolute Gasteiger partial charge is 0.355 e. The lowest BCUT2D eigenvalue weighted by molar-refractivity contribution is -0.0166. The molecule has 0 bridgehead atoms. The first kappa shape index (κ1) is 12.0. The summed E-state index contributed by atoms with van der Waals surface area (Å²) in [5, 5.41) is 0. The SMILES string of the molecule is CCn1cc(N)cc1C(=O)OC1CCOCC1. The molecule has 94 valence electrons. The van der Waals surface area contributed by atoms with Gasteiger partial charge in [0, 0.05) is 25.6 Å². The summed E-state index contributed by atoms with van der Waals surface area (Å²) in [4.78, 5) is 12.0. The topological polar surface area (TPSA) is 66.5 Å². The molecule has 0 saturated carbocycles. The summed E-state index contributed by atoms with van der Waals surface area (Å²) in [6.07, 6.45) is 3.26. The van der Waals surface area contributed by atoms with Gasteiger partial charge in [0.15, 0.2) is 0 Å². The molecule has 17 heavy (non-hydrogen) atoms. The van der Waals surface area contributed by atoms with Crippen LogP contribution < -0.4 is 5.73 Å². The molecule has 0 amide bonds. The molecule has 0 radical (unpaired) electrons. The zero-order valence-corrected chi connectivity index (χ0v) is 10.0. The normalized spacial score (nSPS) is 17.0. The van der Waals surface area contributed by atoms with Crippen molar-refractivity contribution in [1.82, 2.24) is 4.57 Å². The van der Waals surface area contributed by atoms with E-state index < -0.39 is 0 Å². The molecule has 2 N–H and O–H groups in total. The highest BCUT2D eigenvalue weighted by Gasteiger charge is 2.21. The maximum absolute atomic E-state index is 12.0. The van der Waals surface area contributed by atoms with Crippen molar-refractivity contribution in [1.29, 1.82) is 0 Å². The van der Waals surface area contributed by atoms with Crippen LogP contribution in [0.1, 0.15) is 30.3 Å². The minimum Gasteiger partial charge on any atom is -0.458 e. The van der Waals surface area contributed by atoms with Gasteiger partial charge in [-0.3, -0.25) is 0 Å². The van der Waals surface area contributed by atoms with Crippen LogP contribution in [-0.2, 0) is 16.0 Å². The Balaban J connectivity index is 2.02. The number of hydrogen-bond donors (Lipinski definition) is 1. The largest absolute Gasteiger partial charge is 0.458 e. The van der Waals surface area contributed by atoms with Crippen molar-refractivity contribution in [3.63, 3.8) is 0 Å². The van der Waals surface area contributed by atoms with Gasteiger partial charge in [-0.1, -0.05) is 0 Å². The molecule has 5 heteroatoms. The van der Waals surface area contributed by atoms with Gasteiger partial charge in [-0.15, -0.1) is 0 Å². The molecule has 1 aromatic heterocycles.